The molecule has 1 fully saturated rings. The van der Waals surface area contributed by atoms with Crippen molar-refractivity contribution in [2.24, 2.45) is 0 Å². The largest absolute Gasteiger partial charge is 0.478 e. The first-order chi connectivity index (χ1) is 12.6. The summed E-state index contributed by atoms with van der Waals surface area (Å²) >= 11 is 0. The van der Waals surface area contributed by atoms with E-state index in [0.717, 1.165) is 24.2 Å². The average molecular weight is 350 g/mol. The lowest BCUT2D eigenvalue weighted by molar-refractivity contribution is -0.127. The van der Waals surface area contributed by atoms with Gasteiger partial charge in [0.1, 0.15) is 0 Å². The number of carbonyl (C=O) groups excluding carboxylic acids is 1. The Balaban J connectivity index is 1.54. The number of rotatable bonds is 5. The molecule has 1 aliphatic heterocycles. The van der Waals surface area contributed by atoms with Crippen molar-refractivity contribution in [2.75, 3.05) is 26.2 Å². The predicted molar refractivity (Wildman–Crippen MR) is 101 cm³/mol. The van der Waals surface area contributed by atoms with Gasteiger partial charge in [0.25, 0.3) is 0 Å². The number of carboxylic acid groups (broad SMARTS) is 1. The van der Waals surface area contributed by atoms with Crippen LogP contribution in [0.3, 0.4) is 0 Å². The zero-order valence-corrected chi connectivity index (χ0v) is 14.5. The maximum Gasteiger partial charge on any atom is 0.336 e. The first-order valence-electron chi connectivity index (χ1n) is 8.69. The molecule has 134 valence electrons. The molecule has 5 nitrogen and oxygen atoms in total. The van der Waals surface area contributed by atoms with Gasteiger partial charge in [0.15, 0.2) is 0 Å². The molecule has 2 aromatic rings. The van der Waals surface area contributed by atoms with Gasteiger partial charge in [-0.05, 0) is 23.3 Å². The van der Waals surface area contributed by atoms with E-state index in [4.69, 9.17) is 0 Å². The molecule has 0 unspecified atom stereocenters. The molecule has 0 bridgehead atoms. The standard InChI is InChI=1S/C21H22N2O3/c24-20(11-10-17-6-2-1-3-7-17)23-14-12-22(13-15-23)16-18-8-4-5-9-19(18)21(25)26/h1-11H,12-16H2,(H,25,26)/b11-10+. The summed E-state index contributed by atoms with van der Waals surface area (Å²) in [5.41, 5.74) is 2.16. The molecule has 1 saturated heterocycles. The molecule has 1 aliphatic rings. The lowest BCUT2D eigenvalue weighted by Crippen LogP contribution is -2.47. The van der Waals surface area contributed by atoms with Gasteiger partial charge in [-0.25, -0.2) is 4.79 Å². The number of nitrogens with zero attached hydrogens (tertiary/aromatic N) is 2. The van der Waals surface area contributed by atoms with Crippen LogP contribution >= 0.6 is 0 Å². The van der Waals surface area contributed by atoms with Crippen LogP contribution in [0.25, 0.3) is 6.08 Å². The van der Waals surface area contributed by atoms with Crippen molar-refractivity contribution in [1.82, 2.24) is 9.80 Å². The molecule has 0 aromatic heterocycles. The van der Waals surface area contributed by atoms with Crippen LogP contribution < -0.4 is 0 Å². The number of piperazine rings is 1. The lowest BCUT2D eigenvalue weighted by Gasteiger charge is -2.34. The summed E-state index contributed by atoms with van der Waals surface area (Å²) in [6.45, 7) is 3.35. The summed E-state index contributed by atoms with van der Waals surface area (Å²) in [4.78, 5) is 27.7. The zero-order chi connectivity index (χ0) is 18.4. The second-order valence-electron chi connectivity index (χ2n) is 6.31. The van der Waals surface area contributed by atoms with Gasteiger partial charge in [-0.1, -0.05) is 48.5 Å². The number of carbonyl (C=O) groups is 2. The number of hydrogen-bond donors (Lipinski definition) is 1. The van der Waals surface area contributed by atoms with E-state index in [-0.39, 0.29) is 5.91 Å². The van der Waals surface area contributed by atoms with Crippen molar-refractivity contribution in [2.45, 2.75) is 6.54 Å². The van der Waals surface area contributed by atoms with E-state index in [0.29, 0.717) is 25.2 Å². The molecule has 0 atom stereocenters. The van der Waals surface area contributed by atoms with E-state index in [1.54, 1.807) is 18.2 Å². The van der Waals surface area contributed by atoms with Crippen LogP contribution in [0.15, 0.2) is 60.7 Å². The highest BCUT2D eigenvalue weighted by Crippen LogP contribution is 2.14. The van der Waals surface area contributed by atoms with Gasteiger partial charge in [-0.3, -0.25) is 9.69 Å². The van der Waals surface area contributed by atoms with Crippen molar-refractivity contribution >= 4 is 18.0 Å². The van der Waals surface area contributed by atoms with Crippen LogP contribution in [0.5, 0.6) is 0 Å². The van der Waals surface area contributed by atoms with Crippen molar-refractivity contribution < 1.29 is 14.7 Å². The van der Waals surface area contributed by atoms with E-state index in [1.807, 2.05) is 53.4 Å². The Morgan fingerprint density at radius 3 is 2.27 bits per heavy atom. The summed E-state index contributed by atoms with van der Waals surface area (Å²) in [7, 11) is 0. The molecule has 26 heavy (non-hydrogen) atoms. The summed E-state index contributed by atoms with van der Waals surface area (Å²) in [6.07, 6.45) is 3.45. The van der Waals surface area contributed by atoms with Crippen LogP contribution in [0.4, 0.5) is 0 Å². The molecular formula is C21H22N2O3. The van der Waals surface area contributed by atoms with E-state index < -0.39 is 5.97 Å². The topological polar surface area (TPSA) is 60.9 Å². The highest BCUT2D eigenvalue weighted by molar-refractivity contribution is 5.92. The average Bonchev–Trinajstić information content (AvgIpc) is 2.68. The Morgan fingerprint density at radius 2 is 1.58 bits per heavy atom. The number of carboxylic acids is 1. The number of hydrogen-bond acceptors (Lipinski definition) is 3. The number of aromatic carboxylic acids is 1. The van der Waals surface area contributed by atoms with Crippen molar-refractivity contribution in [3.05, 3.63) is 77.4 Å². The molecular weight excluding hydrogens is 328 g/mol. The fourth-order valence-electron chi connectivity index (χ4n) is 3.07. The second kappa shape index (κ2) is 8.45. The van der Waals surface area contributed by atoms with Crippen molar-refractivity contribution in [3.63, 3.8) is 0 Å². The van der Waals surface area contributed by atoms with E-state index in [1.165, 1.54) is 0 Å². The fraction of sp³-hybridized carbons (Fsp3) is 0.238. The minimum absolute atomic E-state index is 0.0134. The summed E-state index contributed by atoms with van der Waals surface area (Å²) in [5.74, 6) is -0.889. The zero-order valence-electron chi connectivity index (χ0n) is 14.5. The molecule has 0 spiro atoms. The summed E-state index contributed by atoms with van der Waals surface area (Å²) in [5, 5.41) is 9.28. The van der Waals surface area contributed by atoms with Crippen molar-refractivity contribution in [3.8, 4) is 0 Å². The monoisotopic (exact) mass is 350 g/mol. The number of benzene rings is 2. The summed E-state index contributed by atoms with van der Waals surface area (Å²) in [6, 6.07) is 16.8. The molecule has 1 N–H and O–H groups in total. The fourth-order valence-corrected chi connectivity index (χ4v) is 3.07. The third kappa shape index (κ3) is 4.58. The first kappa shape index (κ1) is 17.9. The molecule has 0 radical (unpaired) electrons. The molecule has 0 saturated carbocycles. The van der Waals surface area contributed by atoms with Crippen LogP contribution in [-0.2, 0) is 11.3 Å². The third-order valence-electron chi connectivity index (χ3n) is 4.54. The van der Waals surface area contributed by atoms with Gasteiger partial charge in [-0.15, -0.1) is 0 Å². The van der Waals surface area contributed by atoms with Gasteiger partial charge < -0.3 is 10.0 Å². The Kier molecular flexibility index (Phi) is 5.81. The highest BCUT2D eigenvalue weighted by atomic mass is 16.4. The Morgan fingerprint density at radius 1 is 0.923 bits per heavy atom. The predicted octanol–water partition coefficient (Wildman–Crippen LogP) is 2.74. The van der Waals surface area contributed by atoms with Crippen LogP contribution in [0.1, 0.15) is 21.5 Å². The van der Waals surface area contributed by atoms with Gasteiger partial charge in [0, 0.05) is 38.8 Å². The minimum atomic E-state index is -0.902. The maximum absolute atomic E-state index is 12.3. The Bertz CT molecular complexity index is 794. The Hall–Kier alpha value is -2.92. The van der Waals surface area contributed by atoms with Crippen LogP contribution in [0, 0.1) is 0 Å². The third-order valence-corrected chi connectivity index (χ3v) is 4.54. The molecule has 3 rings (SSSR count). The highest BCUT2D eigenvalue weighted by Gasteiger charge is 2.21. The molecule has 2 aromatic carbocycles. The quantitative estimate of drug-likeness (QED) is 0.843. The smallest absolute Gasteiger partial charge is 0.336 e. The van der Waals surface area contributed by atoms with Crippen molar-refractivity contribution in [1.29, 1.82) is 0 Å². The van der Waals surface area contributed by atoms with Gasteiger partial charge in [-0.2, -0.15) is 0 Å². The normalized spacial score (nSPS) is 15.3. The molecule has 0 aliphatic carbocycles. The first-order valence-corrected chi connectivity index (χ1v) is 8.69. The van der Waals surface area contributed by atoms with E-state index in [9.17, 15) is 14.7 Å². The minimum Gasteiger partial charge on any atom is -0.478 e. The molecule has 1 heterocycles. The Labute approximate surface area is 153 Å². The van der Waals surface area contributed by atoms with E-state index in [2.05, 4.69) is 4.90 Å². The maximum atomic E-state index is 12.3. The van der Waals surface area contributed by atoms with E-state index >= 15 is 0 Å². The SMILES string of the molecule is O=C(O)c1ccccc1CN1CCN(C(=O)/C=C/c2ccccc2)CC1. The van der Waals surface area contributed by atoms with Gasteiger partial charge in [0.2, 0.25) is 5.91 Å². The molecule has 1 amide bonds. The second-order valence-corrected chi connectivity index (χ2v) is 6.31. The summed E-state index contributed by atoms with van der Waals surface area (Å²) < 4.78 is 0. The number of amides is 1. The lowest BCUT2D eigenvalue weighted by atomic mass is 10.1. The van der Waals surface area contributed by atoms with Gasteiger partial charge in [0.05, 0.1) is 5.56 Å². The molecule has 5 heteroatoms. The van der Waals surface area contributed by atoms with Crippen LogP contribution in [-0.4, -0.2) is 53.0 Å². The van der Waals surface area contributed by atoms with Gasteiger partial charge >= 0.3 is 5.97 Å². The van der Waals surface area contributed by atoms with Crippen LogP contribution in [0.2, 0.25) is 0 Å².